The molecular formula is C25H22Cl2N4O4. The Morgan fingerprint density at radius 3 is 2.40 bits per heavy atom. The van der Waals surface area contributed by atoms with Gasteiger partial charge in [0.05, 0.1) is 21.9 Å². The summed E-state index contributed by atoms with van der Waals surface area (Å²) in [5.41, 5.74) is 5.73. The number of amides is 3. The van der Waals surface area contributed by atoms with Crippen LogP contribution in [-0.2, 0) is 14.4 Å². The Hall–Kier alpha value is -3.88. The van der Waals surface area contributed by atoms with Gasteiger partial charge in [-0.3, -0.25) is 14.4 Å². The minimum absolute atomic E-state index is 0.129. The first-order valence-corrected chi connectivity index (χ1v) is 11.2. The quantitative estimate of drug-likeness (QED) is 0.241. The highest BCUT2D eigenvalue weighted by Gasteiger charge is 2.15. The van der Waals surface area contributed by atoms with E-state index in [1.165, 1.54) is 12.3 Å². The largest absolute Gasteiger partial charge is 0.484 e. The molecule has 0 saturated carbocycles. The van der Waals surface area contributed by atoms with Crippen LogP contribution in [0.1, 0.15) is 16.7 Å². The van der Waals surface area contributed by atoms with Gasteiger partial charge in [0.1, 0.15) is 5.75 Å². The lowest BCUT2D eigenvalue weighted by atomic mass is 10.1. The van der Waals surface area contributed by atoms with Gasteiger partial charge in [0, 0.05) is 5.69 Å². The maximum Gasteiger partial charge on any atom is 0.329 e. The number of hydrogen-bond acceptors (Lipinski definition) is 5. The molecule has 0 unspecified atom stereocenters. The number of carbonyl (C=O) groups excluding carboxylic acids is 3. The Bertz CT molecular complexity index is 1280. The number of hydrazone groups is 1. The zero-order valence-corrected chi connectivity index (χ0v) is 20.4. The average Bonchev–Trinajstić information content (AvgIpc) is 2.83. The van der Waals surface area contributed by atoms with E-state index in [9.17, 15) is 14.4 Å². The van der Waals surface area contributed by atoms with E-state index in [1.54, 1.807) is 36.4 Å². The lowest BCUT2D eigenvalue weighted by Crippen LogP contribution is -2.32. The predicted octanol–water partition coefficient (Wildman–Crippen LogP) is 4.72. The maximum atomic E-state index is 12.2. The predicted molar refractivity (Wildman–Crippen MR) is 137 cm³/mol. The third-order valence-electron chi connectivity index (χ3n) is 4.70. The third-order valence-corrected chi connectivity index (χ3v) is 5.52. The number of ether oxygens (including phenoxy) is 1. The van der Waals surface area contributed by atoms with E-state index >= 15 is 0 Å². The maximum absolute atomic E-state index is 12.2. The summed E-state index contributed by atoms with van der Waals surface area (Å²) in [5, 5.41) is 9.33. The van der Waals surface area contributed by atoms with Crippen LogP contribution in [0.2, 0.25) is 10.0 Å². The molecule has 0 saturated heterocycles. The van der Waals surface area contributed by atoms with Gasteiger partial charge in [-0.1, -0.05) is 41.4 Å². The molecular weight excluding hydrogens is 491 g/mol. The van der Waals surface area contributed by atoms with Crippen molar-refractivity contribution in [2.75, 3.05) is 17.2 Å². The molecule has 0 radical (unpaired) electrons. The van der Waals surface area contributed by atoms with Gasteiger partial charge in [0.15, 0.2) is 6.61 Å². The summed E-state index contributed by atoms with van der Waals surface area (Å²) < 4.78 is 5.51. The minimum atomic E-state index is -0.980. The number of nitrogens with one attached hydrogen (secondary N) is 3. The van der Waals surface area contributed by atoms with Crippen LogP contribution in [0.5, 0.6) is 5.75 Å². The second-order valence-electron chi connectivity index (χ2n) is 7.48. The van der Waals surface area contributed by atoms with E-state index in [4.69, 9.17) is 27.9 Å². The smallest absolute Gasteiger partial charge is 0.329 e. The highest BCUT2D eigenvalue weighted by Crippen LogP contribution is 2.29. The number of hydrogen-bond donors (Lipinski definition) is 3. The van der Waals surface area contributed by atoms with Crippen molar-refractivity contribution in [2.24, 2.45) is 5.10 Å². The highest BCUT2D eigenvalue weighted by atomic mass is 35.5. The lowest BCUT2D eigenvalue weighted by Gasteiger charge is -2.10. The number of carbonyl (C=O) groups is 3. The molecule has 3 aromatic rings. The van der Waals surface area contributed by atoms with Gasteiger partial charge in [-0.15, -0.1) is 0 Å². The molecule has 0 aromatic heterocycles. The molecule has 8 nitrogen and oxygen atoms in total. The molecule has 0 aliphatic heterocycles. The molecule has 180 valence electrons. The fourth-order valence-corrected chi connectivity index (χ4v) is 3.20. The minimum Gasteiger partial charge on any atom is -0.484 e. The molecule has 3 amide bonds. The summed E-state index contributed by atoms with van der Waals surface area (Å²) in [6.45, 7) is 3.72. The Labute approximate surface area is 212 Å². The fourth-order valence-electron chi connectivity index (χ4n) is 2.85. The molecule has 0 spiro atoms. The second-order valence-corrected chi connectivity index (χ2v) is 8.26. The zero-order chi connectivity index (χ0) is 25.4. The molecule has 0 fully saturated rings. The van der Waals surface area contributed by atoms with Crippen molar-refractivity contribution in [3.8, 4) is 5.75 Å². The van der Waals surface area contributed by atoms with Crippen LogP contribution in [0.25, 0.3) is 0 Å². The number of benzene rings is 3. The van der Waals surface area contributed by atoms with Crippen LogP contribution in [0.15, 0.2) is 65.8 Å². The van der Waals surface area contributed by atoms with Gasteiger partial charge in [-0.2, -0.15) is 5.10 Å². The van der Waals surface area contributed by atoms with Gasteiger partial charge in [-0.05, 0) is 73.0 Å². The van der Waals surface area contributed by atoms with Crippen molar-refractivity contribution in [1.82, 2.24) is 5.43 Å². The summed E-state index contributed by atoms with van der Waals surface area (Å²) in [5.74, 6) is -1.72. The first-order chi connectivity index (χ1) is 16.7. The van der Waals surface area contributed by atoms with Crippen LogP contribution >= 0.6 is 23.2 Å². The Morgan fingerprint density at radius 2 is 1.66 bits per heavy atom. The summed E-state index contributed by atoms with van der Waals surface area (Å²) >= 11 is 11.9. The number of nitrogens with zero attached hydrogens (tertiary/aromatic N) is 1. The molecule has 0 atom stereocenters. The van der Waals surface area contributed by atoms with Gasteiger partial charge < -0.3 is 15.4 Å². The van der Waals surface area contributed by atoms with E-state index in [1.807, 2.05) is 32.0 Å². The normalized spacial score (nSPS) is 10.6. The number of anilines is 2. The Balaban J connectivity index is 1.46. The lowest BCUT2D eigenvalue weighted by molar-refractivity contribution is -0.136. The van der Waals surface area contributed by atoms with Crippen LogP contribution in [-0.4, -0.2) is 30.5 Å². The van der Waals surface area contributed by atoms with Gasteiger partial charge in [-0.25, -0.2) is 5.43 Å². The fraction of sp³-hybridized carbons (Fsp3) is 0.120. The second kappa shape index (κ2) is 12.0. The van der Waals surface area contributed by atoms with Gasteiger partial charge in [0.2, 0.25) is 0 Å². The Kier molecular flexibility index (Phi) is 8.83. The standard InChI is InChI=1S/C25H22Cl2N4O4/c1-15-6-7-16(2)21(12-15)29-22(32)14-35-18-10-8-17(9-11-18)13-28-31-25(34)24(33)30-20-5-3-4-19(26)23(20)27/h3-13H,14H2,1-2H3,(H,29,32)(H,30,33)(H,31,34)/b28-13-. The van der Waals surface area contributed by atoms with E-state index in [0.717, 1.165) is 16.8 Å². The zero-order valence-electron chi connectivity index (χ0n) is 18.9. The Morgan fingerprint density at radius 1 is 0.914 bits per heavy atom. The first kappa shape index (κ1) is 25.7. The molecule has 3 N–H and O–H groups in total. The number of halogens is 2. The van der Waals surface area contributed by atoms with Crippen molar-refractivity contribution in [3.63, 3.8) is 0 Å². The summed E-state index contributed by atoms with van der Waals surface area (Å²) in [7, 11) is 0. The molecule has 35 heavy (non-hydrogen) atoms. The van der Waals surface area contributed by atoms with Crippen LogP contribution < -0.4 is 20.8 Å². The van der Waals surface area contributed by atoms with E-state index < -0.39 is 11.8 Å². The molecule has 0 bridgehead atoms. The topological polar surface area (TPSA) is 109 Å². The van der Waals surface area contributed by atoms with Crippen molar-refractivity contribution in [2.45, 2.75) is 13.8 Å². The molecule has 0 aliphatic rings. The molecule has 3 aromatic carbocycles. The highest BCUT2D eigenvalue weighted by molar-refractivity contribution is 6.45. The van der Waals surface area contributed by atoms with Crippen LogP contribution in [0.3, 0.4) is 0 Å². The molecule has 0 heterocycles. The summed E-state index contributed by atoms with van der Waals surface area (Å²) in [4.78, 5) is 36.1. The van der Waals surface area contributed by atoms with Crippen molar-refractivity contribution in [1.29, 1.82) is 0 Å². The van der Waals surface area contributed by atoms with E-state index in [-0.39, 0.29) is 28.2 Å². The van der Waals surface area contributed by atoms with Crippen LogP contribution in [0.4, 0.5) is 11.4 Å². The average molecular weight is 513 g/mol. The third kappa shape index (κ3) is 7.56. The monoisotopic (exact) mass is 512 g/mol. The number of aryl methyl sites for hydroxylation is 2. The van der Waals surface area contributed by atoms with Crippen LogP contribution in [0, 0.1) is 13.8 Å². The molecule has 10 heteroatoms. The van der Waals surface area contributed by atoms with Crippen molar-refractivity contribution < 1.29 is 19.1 Å². The van der Waals surface area contributed by atoms with E-state index in [2.05, 4.69) is 21.2 Å². The first-order valence-electron chi connectivity index (χ1n) is 10.4. The van der Waals surface area contributed by atoms with Crippen molar-refractivity contribution in [3.05, 3.63) is 87.4 Å². The van der Waals surface area contributed by atoms with E-state index in [0.29, 0.717) is 11.3 Å². The van der Waals surface area contributed by atoms with Crippen molar-refractivity contribution >= 4 is 58.5 Å². The summed E-state index contributed by atoms with van der Waals surface area (Å²) in [6, 6.07) is 17.1. The summed E-state index contributed by atoms with van der Waals surface area (Å²) in [6.07, 6.45) is 1.36. The number of rotatable bonds is 7. The van der Waals surface area contributed by atoms with Gasteiger partial charge in [0.25, 0.3) is 5.91 Å². The SMILES string of the molecule is Cc1ccc(C)c(NC(=O)COc2ccc(/C=N\NC(=O)C(=O)Nc3cccc(Cl)c3Cl)cc2)c1. The van der Waals surface area contributed by atoms with Gasteiger partial charge >= 0.3 is 11.8 Å². The molecule has 3 rings (SSSR count). The molecule has 0 aliphatic carbocycles.